The molecule has 0 fully saturated rings. The van der Waals surface area contributed by atoms with Crippen molar-refractivity contribution in [2.75, 3.05) is 6.61 Å². The smallest absolute Gasteiger partial charge is 0.125 e. The van der Waals surface area contributed by atoms with Crippen LogP contribution in [0, 0.1) is 0 Å². The summed E-state index contributed by atoms with van der Waals surface area (Å²) in [6, 6.07) is 6.34. The van der Waals surface area contributed by atoms with Gasteiger partial charge in [0.15, 0.2) is 0 Å². The van der Waals surface area contributed by atoms with E-state index in [0.29, 0.717) is 18.5 Å². The van der Waals surface area contributed by atoms with Gasteiger partial charge < -0.3 is 9.30 Å². The second-order valence-electron chi connectivity index (χ2n) is 4.21. The van der Waals surface area contributed by atoms with Gasteiger partial charge in [0.05, 0.1) is 23.5 Å². The Kier molecular flexibility index (Phi) is 3.57. The van der Waals surface area contributed by atoms with Gasteiger partial charge in [-0.05, 0) is 32.9 Å². The number of rotatable bonds is 4. The molecule has 4 heteroatoms. The Morgan fingerprint density at radius 3 is 2.76 bits per heavy atom. The topological polar surface area (TPSA) is 27.1 Å². The molecule has 0 aliphatic carbocycles. The largest absolute Gasteiger partial charge is 0.494 e. The second kappa shape index (κ2) is 4.96. The molecule has 0 aliphatic rings. The van der Waals surface area contributed by atoms with E-state index in [0.717, 1.165) is 22.6 Å². The number of hydrogen-bond donors (Lipinski definition) is 0. The number of aromatic nitrogens is 2. The zero-order chi connectivity index (χ0) is 12.4. The fourth-order valence-corrected chi connectivity index (χ4v) is 2.24. The van der Waals surface area contributed by atoms with Crippen LogP contribution in [0.15, 0.2) is 18.2 Å². The maximum absolute atomic E-state index is 5.93. The first kappa shape index (κ1) is 12.2. The SMILES string of the molecule is CCOc1ccc2c(c1)nc(CCl)n2C(C)C. The Morgan fingerprint density at radius 1 is 1.41 bits per heavy atom. The van der Waals surface area contributed by atoms with E-state index in [1.54, 1.807) is 0 Å². The highest BCUT2D eigenvalue weighted by atomic mass is 35.5. The molecule has 0 bridgehead atoms. The summed E-state index contributed by atoms with van der Waals surface area (Å²) in [5.41, 5.74) is 2.06. The third-order valence-corrected chi connectivity index (χ3v) is 2.92. The molecular weight excluding hydrogens is 236 g/mol. The molecule has 0 saturated heterocycles. The quantitative estimate of drug-likeness (QED) is 0.775. The summed E-state index contributed by atoms with van der Waals surface area (Å²) < 4.78 is 7.64. The number of ether oxygens (including phenoxy) is 1. The van der Waals surface area contributed by atoms with Crippen molar-refractivity contribution in [3.63, 3.8) is 0 Å². The van der Waals surface area contributed by atoms with Crippen LogP contribution >= 0.6 is 11.6 Å². The summed E-state index contributed by atoms with van der Waals surface area (Å²) in [6.45, 7) is 6.90. The van der Waals surface area contributed by atoms with Crippen LogP contribution in [-0.2, 0) is 5.88 Å². The molecule has 0 radical (unpaired) electrons. The average molecular weight is 253 g/mol. The van der Waals surface area contributed by atoms with Gasteiger partial charge in [-0.25, -0.2) is 4.98 Å². The summed E-state index contributed by atoms with van der Waals surface area (Å²) in [5, 5.41) is 0. The third kappa shape index (κ3) is 2.25. The van der Waals surface area contributed by atoms with Crippen LogP contribution < -0.4 is 4.74 Å². The highest BCUT2D eigenvalue weighted by Gasteiger charge is 2.12. The summed E-state index contributed by atoms with van der Waals surface area (Å²) in [5.74, 6) is 2.19. The maximum Gasteiger partial charge on any atom is 0.125 e. The van der Waals surface area contributed by atoms with Crippen LogP contribution in [0.1, 0.15) is 32.6 Å². The third-order valence-electron chi connectivity index (χ3n) is 2.68. The molecule has 0 aliphatic heterocycles. The van der Waals surface area contributed by atoms with Gasteiger partial charge in [0.1, 0.15) is 11.6 Å². The van der Waals surface area contributed by atoms with Crippen molar-refractivity contribution in [1.29, 1.82) is 0 Å². The van der Waals surface area contributed by atoms with E-state index < -0.39 is 0 Å². The summed E-state index contributed by atoms with van der Waals surface area (Å²) in [4.78, 5) is 4.55. The number of halogens is 1. The summed E-state index contributed by atoms with van der Waals surface area (Å²) >= 11 is 5.93. The molecule has 0 N–H and O–H groups in total. The molecule has 1 heterocycles. The normalized spacial score (nSPS) is 11.4. The van der Waals surface area contributed by atoms with E-state index in [4.69, 9.17) is 16.3 Å². The monoisotopic (exact) mass is 252 g/mol. The molecule has 17 heavy (non-hydrogen) atoms. The lowest BCUT2D eigenvalue weighted by atomic mass is 10.2. The lowest BCUT2D eigenvalue weighted by Gasteiger charge is -2.11. The van der Waals surface area contributed by atoms with Gasteiger partial charge in [0, 0.05) is 12.1 Å². The number of nitrogens with zero attached hydrogens (tertiary/aromatic N) is 2. The Labute approximate surface area is 106 Å². The number of fused-ring (bicyclic) bond motifs is 1. The van der Waals surface area contributed by atoms with E-state index in [1.807, 2.05) is 25.1 Å². The van der Waals surface area contributed by atoms with Crippen molar-refractivity contribution >= 4 is 22.6 Å². The van der Waals surface area contributed by atoms with Crippen LogP contribution in [0.3, 0.4) is 0 Å². The molecule has 0 atom stereocenters. The standard InChI is InChI=1S/C13H17ClN2O/c1-4-17-10-5-6-12-11(7-10)15-13(8-14)16(12)9(2)3/h5-7,9H,4,8H2,1-3H3. The van der Waals surface area contributed by atoms with Crippen molar-refractivity contribution in [3.05, 3.63) is 24.0 Å². The minimum Gasteiger partial charge on any atom is -0.494 e. The van der Waals surface area contributed by atoms with Crippen LogP contribution in [0.25, 0.3) is 11.0 Å². The van der Waals surface area contributed by atoms with E-state index in [1.165, 1.54) is 0 Å². The Balaban J connectivity index is 2.57. The molecule has 2 aromatic rings. The van der Waals surface area contributed by atoms with Crippen molar-refractivity contribution in [2.45, 2.75) is 32.7 Å². The van der Waals surface area contributed by atoms with Crippen molar-refractivity contribution < 1.29 is 4.74 Å². The molecule has 0 spiro atoms. The molecular formula is C13H17ClN2O. The lowest BCUT2D eigenvalue weighted by Crippen LogP contribution is -2.04. The molecule has 92 valence electrons. The molecule has 3 nitrogen and oxygen atoms in total. The number of hydrogen-bond acceptors (Lipinski definition) is 2. The van der Waals surface area contributed by atoms with Gasteiger partial charge in [0.2, 0.25) is 0 Å². The van der Waals surface area contributed by atoms with Gasteiger partial charge in [-0.15, -0.1) is 11.6 Å². The minimum atomic E-state index is 0.353. The number of benzene rings is 1. The Morgan fingerprint density at radius 2 is 2.18 bits per heavy atom. The fourth-order valence-electron chi connectivity index (χ4n) is 2.06. The van der Waals surface area contributed by atoms with Crippen LogP contribution in [-0.4, -0.2) is 16.2 Å². The molecule has 1 aromatic heterocycles. The molecule has 0 saturated carbocycles. The second-order valence-corrected chi connectivity index (χ2v) is 4.48. The minimum absolute atomic E-state index is 0.353. The Hall–Kier alpha value is -1.22. The van der Waals surface area contributed by atoms with Gasteiger partial charge in [-0.3, -0.25) is 0 Å². The van der Waals surface area contributed by atoms with Gasteiger partial charge in [-0.1, -0.05) is 0 Å². The van der Waals surface area contributed by atoms with E-state index in [2.05, 4.69) is 23.4 Å². The zero-order valence-corrected chi connectivity index (χ0v) is 11.2. The first-order valence-corrected chi connectivity index (χ1v) is 6.40. The van der Waals surface area contributed by atoms with Crippen molar-refractivity contribution in [3.8, 4) is 5.75 Å². The highest BCUT2D eigenvalue weighted by molar-refractivity contribution is 6.16. The lowest BCUT2D eigenvalue weighted by molar-refractivity contribution is 0.340. The maximum atomic E-state index is 5.93. The molecule has 0 amide bonds. The van der Waals surface area contributed by atoms with Crippen molar-refractivity contribution in [1.82, 2.24) is 9.55 Å². The summed E-state index contributed by atoms with van der Waals surface area (Å²) in [6.07, 6.45) is 0. The average Bonchev–Trinajstić information content (AvgIpc) is 2.67. The van der Waals surface area contributed by atoms with Gasteiger partial charge >= 0.3 is 0 Å². The number of imidazole rings is 1. The zero-order valence-electron chi connectivity index (χ0n) is 10.4. The predicted octanol–water partition coefficient (Wildman–Crippen LogP) is 3.75. The highest BCUT2D eigenvalue weighted by Crippen LogP contribution is 2.25. The fraction of sp³-hybridized carbons (Fsp3) is 0.462. The van der Waals surface area contributed by atoms with E-state index in [-0.39, 0.29) is 0 Å². The first-order valence-electron chi connectivity index (χ1n) is 5.87. The van der Waals surface area contributed by atoms with Crippen molar-refractivity contribution in [2.24, 2.45) is 0 Å². The van der Waals surface area contributed by atoms with E-state index >= 15 is 0 Å². The van der Waals surface area contributed by atoms with E-state index in [9.17, 15) is 0 Å². The first-order chi connectivity index (χ1) is 8.17. The Bertz CT molecular complexity index is 519. The molecule has 0 unspecified atom stereocenters. The predicted molar refractivity (Wildman–Crippen MR) is 70.8 cm³/mol. The summed E-state index contributed by atoms with van der Waals surface area (Å²) in [7, 11) is 0. The molecule has 1 aromatic carbocycles. The number of alkyl halides is 1. The van der Waals surface area contributed by atoms with Gasteiger partial charge in [-0.2, -0.15) is 0 Å². The van der Waals surface area contributed by atoms with Gasteiger partial charge in [0.25, 0.3) is 0 Å². The van der Waals surface area contributed by atoms with Crippen LogP contribution in [0.4, 0.5) is 0 Å². The van der Waals surface area contributed by atoms with Crippen LogP contribution in [0.2, 0.25) is 0 Å². The molecule has 2 rings (SSSR count). The van der Waals surface area contributed by atoms with Crippen LogP contribution in [0.5, 0.6) is 5.75 Å².